The number of anilines is 1. The first kappa shape index (κ1) is 29.8. The van der Waals surface area contributed by atoms with E-state index in [0.717, 1.165) is 0 Å². The Morgan fingerprint density at radius 3 is 2.38 bits per heavy atom. The van der Waals surface area contributed by atoms with E-state index in [4.69, 9.17) is 4.74 Å². The summed E-state index contributed by atoms with van der Waals surface area (Å²) in [5, 5.41) is 7.26. The molecule has 0 fully saturated rings. The lowest BCUT2D eigenvalue weighted by Crippen LogP contribution is -2.45. The molecule has 1 aliphatic heterocycles. The Kier molecular flexibility index (Phi) is 11.6. The Hall–Kier alpha value is -3.40. The number of hydrogen-bond acceptors (Lipinski definition) is 5. The van der Waals surface area contributed by atoms with Crippen LogP contribution in [0, 0.1) is 5.82 Å². The molecule has 2 aromatic carbocycles. The second kappa shape index (κ2) is 14.4. The zero-order valence-corrected chi connectivity index (χ0v) is 22.3. The van der Waals surface area contributed by atoms with Gasteiger partial charge in [0.15, 0.2) is 0 Å². The Balaban J connectivity index is 0.00000235. The molecule has 1 aliphatic rings. The molecule has 0 aromatic heterocycles. The molecule has 1 heterocycles. The maximum atomic E-state index is 15.2. The van der Waals surface area contributed by atoms with E-state index in [1.165, 1.54) is 18.1 Å². The van der Waals surface area contributed by atoms with Gasteiger partial charge in [-0.15, -0.1) is 0 Å². The number of carbonyl (C=O) groups is 1. The summed E-state index contributed by atoms with van der Waals surface area (Å²) in [5.74, 6) is 0.00859. The summed E-state index contributed by atoms with van der Waals surface area (Å²) < 4.78 is 46.2. The summed E-state index contributed by atoms with van der Waals surface area (Å²) in [4.78, 5) is 18.7. The maximum Gasteiger partial charge on any atom is 0.324 e. The van der Waals surface area contributed by atoms with Crippen molar-refractivity contribution in [2.24, 2.45) is 10.2 Å². The predicted octanol–water partition coefficient (Wildman–Crippen LogP) is 5.68. The summed E-state index contributed by atoms with van der Waals surface area (Å²) >= 11 is 0. The number of nitrogens with zero attached hydrogens (tertiary/aromatic N) is 5. The molecule has 3 rings (SSSR count). The third-order valence-electron chi connectivity index (χ3n) is 5.68. The first-order valence-corrected chi connectivity index (χ1v) is 12.3. The lowest BCUT2D eigenvalue weighted by Gasteiger charge is -2.31. The fourth-order valence-electron chi connectivity index (χ4n) is 3.60. The summed E-state index contributed by atoms with van der Waals surface area (Å²) in [5.41, 5.74) is 1.17. The molecule has 0 saturated heterocycles. The highest BCUT2D eigenvalue weighted by Crippen LogP contribution is 2.26. The standard InChI is InChI=1S/C25H30F3N5O2.C2H6/c1-5-32(12-11-31(2)3)25(34)33(19-7-6-8-20(14-19)35-4)16-18-10-9-17(13-21(18)26)22-15-23(24(27)28)30-29-22;1-2/h6-10,13-14,24H,5,11-12,15-16H2,1-4H3;1-2H3. The molecule has 0 atom stereocenters. The van der Waals surface area contributed by atoms with Crippen molar-refractivity contribution in [2.45, 2.75) is 40.2 Å². The summed E-state index contributed by atoms with van der Waals surface area (Å²) in [7, 11) is 5.39. The van der Waals surface area contributed by atoms with Crippen molar-refractivity contribution in [2.75, 3.05) is 45.7 Å². The zero-order valence-electron chi connectivity index (χ0n) is 22.3. The summed E-state index contributed by atoms with van der Waals surface area (Å²) in [6.45, 7) is 7.54. The van der Waals surface area contributed by atoms with Crippen molar-refractivity contribution in [1.29, 1.82) is 0 Å². The first-order chi connectivity index (χ1) is 17.7. The monoisotopic (exact) mass is 519 g/mol. The van der Waals surface area contributed by atoms with Crippen LogP contribution in [0.3, 0.4) is 0 Å². The van der Waals surface area contributed by atoms with Gasteiger partial charge in [0.2, 0.25) is 0 Å². The van der Waals surface area contributed by atoms with Gasteiger partial charge < -0.3 is 14.5 Å². The molecule has 10 heteroatoms. The van der Waals surface area contributed by atoms with Crippen LogP contribution in [0.5, 0.6) is 5.75 Å². The largest absolute Gasteiger partial charge is 0.497 e. The fourth-order valence-corrected chi connectivity index (χ4v) is 3.60. The number of rotatable bonds is 10. The number of likely N-dealkylation sites (N-methyl/N-ethyl adjacent to an activating group) is 2. The highest BCUT2D eigenvalue weighted by molar-refractivity contribution is 6.15. The first-order valence-electron chi connectivity index (χ1n) is 12.3. The number of urea groups is 1. The van der Waals surface area contributed by atoms with Crippen LogP contribution in [-0.4, -0.2) is 74.5 Å². The van der Waals surface area contributed by atoms with Gasteiger partial charge in [-0.3, -0.25) is 4.90 Å². The lowest BCUT2D eigenvalue weighted by molar-refractivity contribution is 0.201. The minimum absolute atomic E-state index is 0.0260. The van der Waals surface area contributed by atoms with E-state index in [1.807, 2.05) is 39.8 Å². The van der Waals surface area contributed by atoms with Crippen molar-refractivity contribution in [3.05, 3.63) is 59.4 Å². The van der Waals surface area contributed by atoms with Gasteiger partial charge in [0.1, 0.15) is 17.3 Å². The molecule has 0 bridgehead atoms. The van der Waals surface area contributed by atoms with Crippen LogP contribution in [0.1, 0.15) is 38.3 Å². The molecule has 0 spiro atoms. The van der Waals surface area contributed by atoms with Crippen LogP contribution >= 0.6 is 0 Å². The highest BCUT2D eigenvalue weighted by Gasteiger charge is 2.25. The van der Waals surface area contributed by atoms with Crippen molar-refractivity contribution in [1.82, 2.24) is 9.80 Å². The molecule has 0 saturated carbocycles. The van der Waals surface area contributed by atoms with E-state index >= 15 is 4.39 Å². The molecule has 0 radical (unpaired) electrons. The highest BCUT2D eigenvalue weighted by atomic mass is 19.3. The number of methoxy groups -OCH3 is 1. The second-order valence-corrected chi connectivity index (χ2v) is 8.37. The van der Waals surface area contributed by atoms with Gasteiger partial charge >= 0.3 is 6.03 Å². The van der Waals surface area contributed by atoms with E-state index in [2.05, 4.69) is 10.2 Å². The number of carbonyl (C=O) groups excluding carboxylic acids is 1. The Morgan fingerprint density at radius 1 is 1.08 bits per heavy atom. The van der Waals surface area contributed by atoms with Crippen LogP contribution in [-0.2, 0) is 6.54 Å². The van der Waals surface area contributed by atoms with E-state index in [1.54, 1.807) is 41.3 Å². The van der Waals surface area contributed by atoms with E-state index in [0.29, 0.717) is 36.6 Å². The topological polar surface area (TPSA) is 60.7 Å². The van der Waals surface area contributed by atoms with Crippen molar-refractivity contribution >= 4 is 23.1 Å². The average molecular weight is 520 g/mol. The molecular weight excluding hydrogens is 483 g/mol. The van der Waals surface area contributed by atoms with Crippen molar-refractivity contribution < 1.29 is 22.7 Å². The normalized spacial score (nSPS) is 12.6. The minimum Gasteiger partial charge on any atom is -0.497 e. The molecule has 202 valence electrons. The van der Waals surface area contributed by atoms with Crippen LogP contribution in [0.2, 0.25) is 0 Å². The molecule has 37 heavy (non-hydrogen) atoms. The van der Waals surface area contributed by atoms with Crippen LogP contribution < -0.4 is 9.64 Å². The Bertz CT molecular complexity index is 1110. The number of ether oxygens (including phenoxy) is 1. The number of amides is 2. The van der Waals surface area contributed by atoms with Gasteiger partial charge in [0.05, 0.1) is 19.4 Å². The van der Waals surface area contributed by atoms with Gasteiger partial charge in [-0.25, -0.2) is 18.0 Å². The van der Waals surface area contributed by atoms with E-state index in [9.17, 15) is 13.6 Å². The van der Waals surface area contributed by atoms with Crippen LogP contribution in [0.25, 0.3) is 0 Å². The molecule has 7 nitrogen and oxygen atoms in total. The fraction of sp³-hybridized carbons (Fsp3) is 0.444. The maximum absolute atomic E-state index is 15.2. The summed E-state index contributed by atoms with van der Waals surface area (Å²) in [6, 6.07) is 11.2. The third kappa shape index (κ3) is 8.04. The Labute approximate surface area is 217 Å². The molecule has 0 aliphatic carbocycles. The number of halogens is 3. The van der Waals surface area contributed by atoms with Gasteiger partial charge in [0, 0.05) is 48.9 Å². The second-order valence-electron chi connectivity index (χ2n) is 8.37. The van der Waals surface area contributed by atoms with Gasteiger partial charge in [-0.1, -0.05) is 32.0 Å². The van der Waals surface area contributed by atoms with Gasteiger partial charge in [-0.2, -0.15) is 10.2 Å². The Morgan fingerprint density at radius 2 is 1.81 bits per heavy atom. The smallest absolute Gasteiger partial charge is 0.324 e. The van der Waals surface area contributed by atoms with Crippen molar-refractivity contribution in [3.8, 4) is 5.75 Å². The number of benzene rings is 2. The van der Waals surface area contributed by atoms with Crippen LogP contribution in [0.15, 0.2) is 52.7 Å². The number of hydrogen-bond donors (Lipinski definition) is 0. The molecule has 0 unspecified atom stereocenters. The molecule has 2 amide bonds. The average Bonchev–Trinajstić information content (AvgIpc) is 3.40. The zero-order chi connectivity index (χ0) is 27.5. The van der Waals surface area contributed by atoms with Gasteiger partial charge in [-0.05, 0) is 39.2 Å². The minimum atomic E-state index is -2.70. The third-order valence-corrected chi connectivity index (χ3v) is 5.68. The quantitative estimate of drug-likeness (QED) is 0.406. The van der Waals surface area contributed by atoms with Gasteiger partial charge in [0.25, 0.3) is 6.43 Å². The molecular formula is C27H36F3N5O2. The van der Waals surface area contributed by atoms with Crippen LogP contribution in [0.4, 0.5) is 23.7 Å². The number of alkyl halides is 2. The van der Waals surface area contributed by atoms with E-state index in [-0.39, 0.29) is 36.0 Å². The summed E-state index contributed by atoms with van der Waals surface area (Å²) in [6.07, 6.45) is -2.82. The molecule has 2 aromatic rings. The lowest BCUT2D eigenvalue weighted by atomic mass is 10.0. The van der Waals surface area contributed by atoms with E-state index < -0.39 is 12.2 Å². The SMILES string of the molecule is CC.CCN(CCN(C)C)C(=O)N(Cc1ccc(C2=NN=C(C(F)F)C2)cc1F)c1cccc(OC)c1. The predicted molar refractivity (Wildman–Crippen MR) is 143 cm³/mol. The van der Waals surface area contributed by atoms with Crippen molar-refractivity contribution in [3.63, 3.8) is 0 Å². The molecule has 0 N–H and O–H groups in total.